The normalized spacial score (nSPS) is 11.3. The Hall–Kier alpha value is -1.84. The second kappa shape index (κ2) is 8.04. The van der Waals surface area contributed by atoms with E-state index >= 15 is 0 Å². The monoisotopic (exact) mass is 555 g/mol. The Labute approximate surface area is 179 Å². The number of fused-ring (bicyclic) bond motifs is 1. The molecule has 1 heterocycles. The molecule has 0 amide bonds. The first kappa shape index (κ1) is 19.9. The second-order valence-electron chi connectivity index (χ2n) is 5.59. The SMILES string of the molecule is CC(=O)Oc1c(Br)cc(C=Nn2c(C)nc3ccc(Br)cc3c2=O)cc1Br. The van der Waals surface area contributed by atoms with Gasteiger partial charge in [0.1, 0.15) is 5.82 Å². The van der Waals surface area contributed by atoms with Crippen LogP contribution in [0.25, 0.3) is 10.9 Å². The Bertz CT molecular complexity index is 1130. The van der Waals surface area contributed by atoms with Crippen molar-refractivity contribution in [3.05, 3.63) is 65.5 Å². The number of ether oxygens (including phenoxy) is 1. The van der Waals surface area contributed by atoms with Crippen molar-refractivity contribution in [2.75, 3.05) is 0 Å². The third kappa shape index (κ3) is 4.36. The number of rotatable bonds is 3. The Morgan fingerprint density at radius 1 is 1.19 bits per heavy atom. The maximum Gasteiger partial charge on any atom is 0.308 e. The molecule has 0 aliphatic rings. The van der Waals surface area contributed by atoms with Crippen molar-refractivity contribution >= 4 is 70.9 Å². The Balaban J connectivity index is 2.04. The highest BCUT2D eigenvalue weighted by Gasteiger charge is 2.11. The lowest BCUT2D eigenvalue weighted by molar-refractivity contribution is -0.131. The molecule has 0 aliphatic heterocycles. The fraction of sp³-hybridized carbons (Fsp3) is 0.111. The minimum atomic E-state index is -0.423. The molecule has 0 fully saturated rings. The molecule has 6 nitrogen and oxygen atoms in total. The molecule has 0 N–H and O–H groups in total. The van der Waals surface area contributed by atoms with Crippen LogP contribution in [0.4, 0.5) is 0 Å². The highest BCUT2D eigenvalue weighted by Crippen LogP contribution is 2.34. The van der Waals surface area contributed by atoms with Gasteiger partial charge in [0.25, 0.3) is 5.56 Å². The maximum atomic E-state index is 12.7. The van der Waals surface area contributed by atoms with Crippen molar-refractivity contribution < 1.29 is 9.53 Å². The van der Waals surface area contributed by atoms with E-state index in [9.17, 15) is 9.59 Å². The molecule has 0 radical (unpaired) electrons. The van der Waals surface area contributed by atoms with E-state index in [-0.39, 0.29) is 5.56 Å². The smallest absolute Gasteiger partial charge is 0.308 e. The largest absolute Gasteiger partial charge is 0.424 e. The molecule has 0 aliphatic carbocycles. The molecule has 3 rings (SSSR count). The molecule has 0 atom stereocenters. The predicted octanol–water partition coefficient (Wildman–Crippen LogP) is 4.80. The summed E-state index contributed by atoms with van der Waals surface area (Å²) in [6, 6.07) is 8.80. The van der Waals surface area contributed by atoms with Crippen molar-refractivity contribution in [1.82, 2.24) is 9.66 Å². The zero-order valence-electron chi connectivity index (χ0n) is 14.2. The van der Waals surface area contributed by atoms with E-state index in [2.05, 4.69) is 57.9 Å². The van der Waals surface area contributed by atoms with Crippen molar-refractivity contribution in [3.8, 4) is 5.75 Å². The number of aromatic nitrogens is 2. The van der Waals surface area contributed by atoms with Crippen molar-refractivity contribution in [1.29, 1.82) is 0 Å². The van der Waals surface area contributed by atoms with Gasteiger partial charge in [0.15, 0.2) is 5.75 Å². The van der Waals surface area contributed by atoms with Crippen LogP contribution in [0.5, 0.6) is 5.75 Å². The summed E-state index contributed by atoms with van der Waals surface area (Å²) in [5.74, 6) is 0.430. The van der Waals surface area contributed by atoms with Crippen LogP contribution in [0.2, 0.25) is 0 Å². The summed E-state index contributed by atoms with van der Waals surface area (Å²) < 4.78 is 8.35. The van der Waals surface area contributed by atoms with E-state index in [4.69, 9.17) is 4.74 Å². The van der Waals surface area contributed by atoms with Gasteiger partial charge in [0, 0.05) is 11.4 Å². The zero-order chi connectivity index (χ0) is 19.7. The van der Waals surface area contributed by atoms with Gasteiger partial charge in [-0.25, -0.2) is 4.98 Å². The number of aryl methyl sites for hydroxylation is 1. The molecular weight excluding hydrogens is 546 g/mol. The summed E-state index contributed by atoms with van der Waals surface area (Å²) in [5, 5.41) is 4.75. The van der Waals surface area contributed by atoms with Gasteiger partial charge in [0.05, 0.1) is 26.1 Å². The third-order valence-electron chi connectivity index (χ3n) is 3.56. The van der Waals surface area contributed by atoms with Crippen molar-refractivity contribution in [3.63, 3.8) is 0 Å². The van der Waals surface area contributed by atoms with E-state index < -0.39 is 5.97 Å². The van der Waals surface area contributed by atoms with Crippen LogP contribution in [-0.2, 0) is 4.79 Å². The fourth-order valence-electron chi connectivity index (χ4n) is 2.42. The van der Waals surface area contributed by atoms with Gasteiger partial charge in [-0.15, -0.1) is 0 Å². The Morgan fingerprint density at radius 3 is 2.48 bits per heavy atom. The van der Waals surface area contributed by atoms with Gasteiger partial charge < -0.3 is 4.74 Å². The molecule has 0 saturated carbocycles. The summed E-state index contributed by atoms with van der Waals surface area (Å²) in [6.45, 7) is 3.05. The number of hydrogen-bond acceptors (Lipinski definition) is 5. The molecule has 138 valence electrons. The van der Waals surface area contributed by atoms with Crippen LogP contribution in [0, 0.1) is 6.92 Å². The van der Waals surface area contributed by atoms with Gasteiger partial charge in [-0.2, -0.15) is 9.78 Å². The minimum absolute atomic E-state index is 0.260. The maximum absolute atomic E-state index is 12.7. The molecule has 2 aromatic carbocycles. The summed E-state index contributed by atoms with van der Waals surface area (Å²) in [7, 11) is 0. The number of esters is 1. The number of hydrogen-bond donors (Lipinski definition) is 0. The van der Waals surface area contributed by atoms with Crippen LogP contribution in [0.3, 0.4) is 0 Å². The first-order valence-corrected chi connectivity index (χ1v) is 10.0. The Morgan fingerprint density at radius 2 is 1.85 bits per heavy atom. The molecule has 0 saturated heterocycles. The van der Waals surface area contributed by atoms with Crippen molar-refractivity contribution in [2.24, 2.45) is 5.10 Å². The minimum Gasteiger partial charge on any atom is -0.424 e. The quantitative estimate of drug-likeness (QED) is 0.263. The summed E-state index contributed by atoms with van der Waals surface area (Å²) in [4.78, 5) is 28.3. The summed E-state index contributed by atoms with van der Waals surface area (Å²) >= 11 is 10.1. The molecule has 0 bridgehead atoms. The van der Waals surface area contributed by atoms with E-state index in [1.807, 2.05) is 6.07 Å². The number of carbonyl (C=O) groups is 1. The molecule has 0 unspecified atom stereocenters. The van der Waals surface area contributed by atoms with Gasteiger partial charge >= 0.3 is 5.97 Å². The summed E-state index contributed by atoms with van der Waals surface area (Å²) in [5.41, 5.74) is 1.05. The Kier molecular flexibility index (Phi) is 5.92. The molecule has 3 aromatic rings. The van der Waals surface area contributed by atoms with E-state index in [1.165, 1.54) is 17.8 Å². The molecule has 27 heavy (non-hydrogen) atoms. The molecular formula is C18H12Br3N3O3. The van der Waals surface area contributed by atoms with Crippen LogP contribution < -0.4 is 10.3 Å². The number of halogens is 3. The molecule has 9 heteroatoms. The fourth-order valence-corrected chi connectivity index (χ4v) is 4.16. The number of nitrogens with zero attached hydrogens (tertiary/aromatic N) is 3. The van der Waals surface area contributed by atoms with Crippen LogP contribution >= 0.6 is 47.8 Å². The predicted molar refractivity (Wildman–Crippen MR) is 115 cm³/mol. The van der Waals surface area contributed by atoms with Crippen LogP contribution in [-0.4, -0.2) is 21.8 Å². The van der Waals surface area contributed by atoms with E-state index in [1.54, 1.807) is 31.2 Å². The number of benzene rings is 2. The lowest BCUT2D eigenvalue weighted by atomic mass is 10.2. The van der Waals surface area contributed by atoms with Crippen LogP contribution in [0.15, 0.2) is 53.6 Å². The van der Waals surface area contributed by atoms with Gasteiger partial charge in [0.2, 0.25) is 0 Å². The first-order chi connectivity index (χ1) is 12.8. The molecule has 0 spiro atoms. The van der Waals surface area contributed by atoms with Gasteiger partial charge in [-0.05, 0) is 74.7 Å². The van der Waals surface area contributed by atoms with Gasteiger partial charge in [-0.3, -0.25) is 9.59 Å². The molecule has 1 aromatic heterocycles. The highest BCUT2D eigenvalue weighted by atomic mass is 79.9. The third-order valence-corrected chi connectivity index (χ3v) is 5.23. The van der Waals surface area contributed by atoms with E-state index in [0.717, 1.165) is 4.47 Å². The average molecular weight is 558 g/mol. The topological polar surface area (TPSA) is 73.5 Å². The second-order valence-corrected chi connectivity index (χ2v) is 8.21. The summed E-state index contributed by atoms with van der Waals surface area (Å²) in [6.07, 6.45) is 1.53. The standard InChI is InChI=1S/C18H12Br3N3O3/c1-9-23-16-4-3-12(19)7-13(16)18(26)24(9)22-8-11-5-14(20)17(15(21)6-11)27-10(2)25/h3-8H,1-2H3. The highest BCUT2D eigenvalue weighted by molar-refractivity contribution is 9.11. The van der Waals surface area contributed by atoms with E-state index in [0.29, 0.717) is 37.0 Å². The first-order valence-electron chi connectivity index (χ1n) is 7.67. The van der Waals surface area contributed by atoms with Crippen LogP contribution in [0.1, 0.15) is 18.3 Å². The van der Waals surface area contributed by atoms with Gasteiger partial charge in [-0.1, -0.05) is 15.9 Å². The lowest BCUT2D eigenvalue weighted by Crippen LogP contribution is -2.20. The number of carbonyl (C=O) groups excluding carboxylic acids is 1. The zero-order valence-corrected chi connectivity index (χ0v) is 18.9. The average Bonchev–Trinajstić information content (AvgIpc) is 2.58. The lowest BCUT2D eigenvalue weighted by Gasteiger charge is -2.08. The van der Waals surface area contributed by atoms with Crippen molar-refractivity contribution in [2.45, 2.75) is 13.8 Å².